The second kappa shape index (κ2) is 14.0. The van der Waals surface area contributed by atoms with Crippen molar-refractivity contribution in [2.75, 3.05) is 0 Å². The molecule has 1 fully saturated rings. The van der Waals surface area contributed by atoms with Gasteiger partial charge in [0.25, 0.3) is 0 Å². The fourth-order valence-electron chi connectivity index (χ4n) is 5.11. The van der Waals surface area contributed by atoms with Gasteiger partial charge in [-0.2, -0.15) is 5.26 Å². The lowest BCUT2D eigenvalue weighted by Crippen LogP contribution is -2.31. The molecule has 0 spiro atoms. The number of aromatic nitrogens is 1. The molecule has 4 nitrogen and oxygen atoms in total. The number of nitrogens with zero attached hydrogens (tertiary/aromatic N) is 2. The Morgan fingerprint density at radius 3 is 2.29 bits per heavy atom. The zero-order valence-electron chi connectivity index (χ0n) is 21.7. The molecule has 4 heteroatoms. The maximum Gasteiger partial charge on any atom is 0.314 e. The van der Waals surface area contributed by atoms with Crippen LogP contribution in [0.25, 0.3) is 11.3 Å². The van der Waals surface area contributed by atoms with E-state index in [0.29, 0.717) is 5.75 Å². The van der Waals surface area contributed by atoms with Gasteiger partial charge in [-0.1, -0.05) is 64.9 Å². The molecule has 1 heterocycles. The zero-order valence-corrected chi connectivity index (χ0v) is 21.7. The van der Waals surface area contributed by atoms with Crippen molar-refractivity contribution in [1.29, 1.82) is 5.26 Å². The highest BCUT2D eigenvalue weighted by Gasteiger charge is 2.37. The van der Waals surface area contributed by atoms with E-state index in [1.165, 1.54) is 50.5 Å². The summed E-state index contributed by atoms with van der Waals surface area (Å²) in [5, 5.41) is 9.82. The summed E-state index contributed by atoms with van der Waals surface area (Å²) in [6.45, 7) is 4.43. The van der Waals surface area contributed by atoms with E-state index < -0.39 is 0 Å². The Kier molecular flexibility index (Phi) is 10.8. The molecule has 0 aliphatic heterocycles. The van der Waals surface area contributed by atoms with E-state index in [2.05, 4.69) is 37.0 Å². The molecule has 0 atom stereocenters. The largest absolute Gasteiger partial charge is 0.426 e. The molecule has 0 radical (unpaired) electrons. The van der Waals surface area contributed by atoms with E-state index in [0.717, 1.165) is 56.2 Å². The third-order valence-corrected chi connectivity index (χ3v) is 7.53. The molecule has 1 aromatic heterocycles. The minimum atomic E-state index is -0.247. The highest BCUT2D eigenvalue weighted by atomic mass is 16.5. The van der Waals surface area contributed by atoms with Crippen LogP contribution in [0.1, 0.15) is 103 Å². The Morgan fingerprint density at radius 2 is 1.66 bits per heavy atom. The monoisotopic (exact) mass is 474 g/mol. The molecule has 0 unspecified atom stereocenters. The van der Waals surface area contributed by atoms with Crippen LogP contribution in [0, 0.1) is 22.7 Å². The van der Waals surface area contributed by atoms with E-state index >= 15 is 0 Å². The molecule has 1 saturated carbocycles. The number of hydrogen-bond donors (Lipinski definition) is 0. The minimum absolute atomic E-state index is 0.113. The van der Waals surface area contributed by atoms with Gasteiger partial charge in [0.15, 0.2) is 0 Å². The number of hydrogen-bond acceptors (Lipinski definition) is 4. The van der Waals surface area contributed by atoms with Crippen LogP contribution in [0.4, 0.5) is 0 Å². The summed E-state index contributed by atoms with van der Waals surface area (Å²) in [7, 11) is 0. The molecule has 35 heavy (non-hydrogen) atoms. The lowest BCUT2D eigenvalue weighted by Gasteiger charge is -2.34. The van der Waals surface area contributed by atoms with E-state index in [1.807, 2.05) is 30.5 Å². The summed E-state index contributed by atoms with van der Waals surface area (Å²) >= 11 is 0. The molecule has 0 amide bonds. The maximum absolute atomic E-state index is 12.8. The Hall–Kier alpha value is -2.67. The second-order valence-corrected chi connectivity index (χ2v) is 10.3. The lowest BCUT2D eigenvalue weighted by atomic mass is 9.69. The third kappa shape index (κ3) is 8.20. The molecule has 0 saturated heterocycles. The predicted octanol–water partition coefficient (Wildman–Crippen LogP) is 8.45. The van der Waals surface area contributed by atoms with E-state index in [-0.39, 0.29) is 17.3 Å². The summed E-state index contributed by atoms with van der Waals surface area (Å²) in [6, 6.07) is 14.4. The summed E-state index contributed by atoms with van der Waals surface area (Å²) in [5.41, 5.74) is 2.97. The SMILES string of the molecule is CCCCCCC[C@]1(C#N)CC[C@H](C(=O)Oc2ccc(-c3ccc(CCCCC)cn3)cc2)CC1. The quantitative estimate of drug-likeness (QED) is 0.166. The first kappa shape index (κ1) is 26.9. The van der Waals surface area contributed by atoms with Gasteiger partial charge >= 0.3 is 5.97 Å². The molecule has 0 bridgehead atoms. The molecule has 1 aliphatic rings. The van der Waals surface area contributed by atoms with Gasteiger partial charge in [0, 0.05) is 11.8 Å². The number of carbonyl (C=O) groups is 1. The summed E-state index contributed by atoms with van der Waals surface area (Å²) < 4.78 is 5.70. The minimum Gasteiger partial charge on any atom is -0.426 e. The molecule has 1 aromatic carbocycles. The smallest absolute Gasteiger partial charge is 0.314 e. The number of aryl methyl sites for hydroxylation is 1. The summed E-state index contributed by atoms with van der Waals surface area (Å²) in [6.07, 6.45) is 16.9. The number of rotatable bonds is 13. The van der Waals surface area contributed by atoms with Crippen LogP contribution in [0.2, 0.25) is 0 Å². The van der Waals surface area contributed by atoms with Gasteiger partial charge in [-0.3, -0.25) is 9.78 Å². The van der Waals surface area contributed by atoms with Crippen molar-refractivity contribution in [3.63, 3.8) is 0 Å². The average Bonchev–Trinajstić information content (AvgIpc) is 2.90. The van der Waals surface area contributed by atoms with Crippen LogP contribution in [0.5, 0.6) is 5.75 Å². The van der Waals surface area contributed by atoms with Gasteiger partial charge in [0.05, 0.1) is 23.1 Å². The van der Waals surface area contributed by atoms with Crippen molar-refractivity contribution in [2.45, 2.75) is 104 Å². The molecular formula is C31H42N2O2. The van der Waals surface area contributed by atoms with Gasteiger partial charge in [-0.05, 0) is 80.8 Å². The van der Waals surface area contributed by atoms with Crippen molar-refractivity contribution >= 4 is 5.97 Å². The Labute approximate surface area is 212 Å². The summed E-state index contributed by atoms with van der Waals surface area (Å²) in [5.74, 6) is 0.294. The van der Waals surface area contributed by atoms with Crippen molar-refractivity contribution < 1.29 is 9.53 Å². The molecule has 1 aliphatic carbocycles. The number of unbranched alkanes of at least 4 members (excludes halogenated alkanes) is 6. The number of nitriles is 1. The highest BCUT2D eigenvalue weighted by Crippen LogP contribution is 2.42. The van der Waals surface area contributed by atoms with Crippen LogP contribution >= 0.6 is 0 Å². The molecule has 0 N–H and O–H groups in total. The van der Waals surface area contributed by atoms with Gasteiger partial charge in [0.2, 0.25) is 0 Å². The van der Waals surface area contributed by atoms with Crippen LogP contribution in [0.15, 0.2) is 42.6 Å². The van der Waals surface area contributed by atoms with Crippen molar-refractivity contribution in [3.05, 3.63) is 48.2 Å². The van der Waals surface area contributed by atoms with Crippen molar-refractivity contribution in [2.24, 2.45) is 11.3 Å². The van der Waals surface area contributed by atoms with Gasteiger partial charge in [0.1, 0.15) is 5.75 Å². The predicted molar refractivity (Wildman–Crippen MR) is 142 cm³/mol. The van der Waals surface area contributed by atoms with Gasteiger partial charge < -0.3 is 4.74 Å². The Morgan fingerprint density at radius 1 is 0.971 bits per heavy atom. The number of esters is 1. The first-order chi connectivity index (χ1) is 17.1. The molecular weight excluding hydrogens is 432 g/mol. The fraction of sp³-hybridized carbons (Fsp3) is 0.581. The van der Waals surface area contributed by atoms with Gasteiger partial charge in [-0.15, -0.1) is 0 Å². The van der Waals surface area contributed by atoms with Gasteiger partial charge in [-0.25, -0.2) is 0 Å². The van der Waals surface area contributed by atoms with Crippen LogP contribution in [0.3, 0.4) is 0 Å². The maximum atomic E-state index is 12.8. The fourth-order valence-corrected chi connectivity index (χ4v) is 5.11. The standard InChI is InChI=1S/C31H42N2O2/c1-3-5-7-8-10-20-31(24-32)21-18-27(19-22-31)30(34)35-28-15-13-26(14-16-28)29-17-12-25(23-33-29)11-9-6-4-2/h12-17,23,27H,3-11,18-22H2,1-2H3/t27-,31-. The number of pyridine rings is 1. The third-order valence-electron chi connectivity index (χ3n) is 7.53. The zero-order chi connectivity index (χ0) is 24.9. The van der Waals surface area contributed by atoms with Crippen LogP contribution in [-0.2, 0) is 11.2 Å². The first-order valence-corrected chi connectivity index (χ1v) is 13.8. The molecule has 2 aromatic rings. The second-order valence-electron chi connectivity index (χ2n) is 10.3. The summed E-state index contributed by atoms with van der Waals surface area (Å²) in [4.78, 5) is 17.4. The average molecular weight is 475 g/mol. The topological polar surface area (TPSA) is 63.0 Å². The lowest BCUT2D eigenvalue weighted by molar-refractivity contribution is -0.140. The first-order valence-electron chi connectivity index (χ1n) is 13.8. The molecule has 188 valence electrons. The van der Waals surface area contributed by atoms with E-state index in [9.17, 15) is 10.1 Å². The Bertz CT molecular complexity index is 935. The number of benzene rings is 1. The van der Waals surface area contributed by atoms with Crippen molar-refractivity contribution in [1.82, 2.24) is 4.98 Å². The number of carbonyl (C=O) groups excluding carboxylic acids is 1. The van der Waals surface area contributed by atoms with Crippen molar-refractivity contribution in [3.8, 4) is 23.1 Å². The molecule has 3 rings (SSSR count). The highest BCUT2D eigenvalue weighted by molar-refractivity contribution is 5.75. The normalized spacial score (nSPS) is 19.7. The van der Waals surface area contributed by atoms with Crippen LogP contribution in [-0.4, -0.2) is 11.0 Å². The van der Waals surface area contributed by atoms with Crippen LogP contribution < -0.4 is 4.74 Å². The van der Waals surface area contributed by atoms with E-state index in [4.69, 9.17) is 4.74 Å². The number of ether oxygens (including phenoxy) is 1. The Balaban J connectivity index is 1.47. The van der Waals surface area contributed by atoms with E-state index in [1.54, 1.807) is 0 Å².